The number of nitrogens with one attached hydrogen (secondary N) is 1. The summed E-state index contributed by atoms with van der Waals surface area (Å²) in [5, 5.41) is 14.0. The standard InChI is InChI=1S/C11H19NOS/c1-10(12-7-8-13)4-2-5-11-6-3-9-14-11/h3,6,9-10,12-13H,2,4-5,7-8H2,1H3. The van der Waals surface area contributed by atoms with Crippen molar-refractivity contribution in [2.75, 3.05) is 13.2 Å². The molecule has 0 aliphatic heterocycles. The lowest BCUT2D eigenvalue weighted by atomic mass is 10.1. The third kappa shape index (κ3) is 4.74. The summed E-state index contributed by atoms with van der Waals surface area (Å²) in [7, 11) is 0. The zero-order chi connectivity index (χ0) is 10.2. The number of rotatable bonds is 7. The van der Waals surface area contributed by atoms with E-state index in [9.17, 15) is 0 Å². The van der Waals surface area contributed by atoms with Gasteiger partial charge in [-0.3, -0.25) is 0 Å². The van der Waals surface area contributed by atoms with Gasteiger partial charge >= 0.3 is 0 Å². The lowest BCUT2D eigenvalue weighted by molar-refractivity contribution is 0.284. The van der Waals surface area contributed by atoms with Gasteiger partial charge in [-0.1, -0.05) is 6.07 Å². The van der Waals surface area contributed by atoms with Crippen molar-refractivity contribution in [1.82, 2.24) is 5.32 Å². The molecule has 1 heterocycles. The summed E-state index contributed by atoms with van der Waals surface area (Å²) in [4.78, 5) is 1.47. The van der Waals surface area contributed by atoms with Crippen LogP contribution < -0.4 is 5.32 Å². The first kappa shape index (κ1) is 11.7. The molecule has 1 aromatic rings. The Hall–Kier alpha value is -0.380. The molecule has 1 unspecified atom stereocenters. The first-order valence-corrected chi connectivity index (χ1v) is 6.07. The van der Waals surface area contributed by atoms with Crippen molar-refractivity contribution in [2.24, 2.45) is 0 Å². The number of thiophene rings is 1. The first-order valence-electron chi connectivity index (χ1n) is 5.19. The summed E-state index contributed by atoms with van der Waals surface area (Å²) in [6.45, 7) is 3.11. The lowest BCUT2D eigenvalue weighted by Crippen LogP contribution is -2.28. The van der Waals surface area contributed by atoms with Gasteiger partial charge in [0, 0.05) is 17.5 Å². The van der Waals surface area contributed by atoms with Crippen LogP contribution in [0.1, 0.15) is 24.6 Å². The number of hydrogen-bond donors (Lipinski definition) is 2. The average molecular weight is 213 g/mol. The Kier molecular flexibility index (Phi) is 5.83. The maximum absolute atomic E-state index is 8.63. The molecule has 0 fully saturated rings. The summed E-state index contributed by atoms with van der Waals surface area (Å²) in [6.07, 6.45) is 3.58. The Morgan fingerprint density at radius 3 is 3.07 bits per heavy atom. The van der Waals surface area contributed by atoms with Crippen molar-refractivity contribution in [3.8, 4) is 0 Å². The Morgan fingerprint density at radius 1 is 1.57 bits per heavy atom. The summed E-state index contributed by atoms with van der Waals surface area (Å²) >= 11 is 1.83. The topological polar surface area (TPSA) is 32.3 Å². The Bertz CT molecular complexity index is 223. The summed E-state index contributed by atoms with van der Waals surface area (Å²) in [6, 6.07) is 4.81. The van der Waals surface area contributed by atoms with Crippen molar-refractivity contribution < 1.29 is 5.11 Å². The molecule has 14 heavy (non-hydrogen) atoms. The van der Waals surface area contributed by atoms with Crippen molar-refractivity contribution in [3.63, 3.8) is 0 Å². The molecule has 0 saturated heterocycles. The fraction of sp³-hybridized carbons (Fsp3) is 0.636. The van der Waals surface area contributed by atoms with Gasteiger partial charge in [-0.05, 0) is 37.6 Å². The maximum atomic E-state index is 8.63. The summed E-state index contributed by atoms with van der Waals surface area (Å²) < 4.78 is 0. The predicted molar refractivity (Wildman–Crippen MR) is 61.8 cm³/mol. The Morgan fingerprint density at radius 2 is 2.43 bits per heavy atom. The molecular formula is C11H19NOS. The number of hydrogen-bond acceptors (Lipinski definition) is 3. The Labute approximate surface area is 90.0 Å². The van der Waals surface area contributed by atoms with Crippen LogP contribution in [0.4, 0.5) is 0 Å². The minimum absolute atomic E-state index is 0.231. The molecule has 3 heteroatoms. The van der Waals surface area contributed by atoms with Gasteiger partial charge in [-0.2, -0.15) is 0 Å². The number of aliphatic hydroxyl groups excluding tert-OH is 1. The van der Waals surface area contributed by atoms with E-state index in [4.69, 9.17) is 5.11 Å². The van der Waals surface area contributed by atoms with Gasteiger partial charge in [-0.15, -0.1) is 11.3 Å². The average Bonchev–Trinajstić information content (AvgIpc) is 2.67. The molecule has 0 bridgehead atoms. The smallest absolute Gasteiger partial charge is 0.0556 e. The fourth-order valence-corrected chi connectivity index (χ4v) is 2.20. The van der Waals surface area contributed by atoms with Crippen LogP contribution in [0.3, 0.4) is 0 Å². The van der Waals surface area contributed by atoms with E-state index in [1.807, 2.05) is 11.3 Å². The molecule has 1 aromatic heterocycles. The number of aryl methyl sites for hydroxylation is 1. The SMILES string of the molecule is CC(CCCc1cccs1)NCCO. The monoisotopic (exact) mass is 213 g/mol. The zero-order valence-electron chi connectivity index (χ0n) is 8.70. The van der Waals surface area contributed by atoms with Crippen LogP contribution in [0.5, 0.6) is 0 Å². The quantitative estimate of drug-likeness (QED) is 0.726. The van der Waals surface area contributed by atoms with Crippen LogP contribution in [0.2, 0.25) is 0 Å². The summed E-state index contributed by atoms with van der Waals surface area (Å²) in [5.74, 6) is 0. The van der Waals surface area contributed by atoms with Crippen LogP contribution in [0, 0.1) is 0 Å². The second-order valence-corrected chi connectivity index (χ2v) is 4.58. The van der Waals surface area contributed by atoms with Gasteiger partial charge in [0.1, 0.15) is 0 Å². The molecule has 0 radical (unpaired) electrons. The van der Waals surface area contributed by atoms with E-state index in [0.29, 0.717) is 12.6 Å². The van der Waals surface area contributed by atoms with E-state index in [1.165, 1.54) is 24.1 Å². The highest BCUT2D eigenvalue weighted by Gasteiger charge is 2.00. The third-order valence-electron chi connectivity index (χ3n) is 2.25. The van der Waals surface area contributed by atoms with Gasteiger partial charge < -0.3 is 10.4 Å². The number of aliphatic hydroxyl groups is 1. The van der Waals surface area contributed by atoms with Crippen LogP contribution in [0.25, 0.3) is 0 Å². The van der Waals surface area contributed by atoms with Gasteiger partial charge in [-0.25, -0.2) is 0 Å². The van der Waals surface area contributed by atoms with Crippen LogP contribution in [-0.2, 0) is 6.42 Å². The Balaban J connectivity index is 2.03. The molecule has 0 saturated carbocycles. The molecule has 0 aliphatic rings. The molecular weight excluding hydrogens is 194 g/mol. The van der Waals surface area contributed by atoms with Crippen LogP contribution >= 0.6 is 11.3 Å². The van der Waals surface area contributed by atoms with Gasteiger partial charge in [0.15, 0.2) is 0 Å². The van der Waals surface area contributed by atoms with E-state index in [2.05, 4.69) is 29.8 Å². The molecule has 1 rings (SSSR count). The maximum Gasteiger partial charge on any atom is 0.0556 e. The van der Waals surface area contributed by atoms with Crippen molar-refractivity contribution in [3.05, 3.63) is 22.4 Å². The van der Waals surface area contributed by atoms with Crippen molar-refractivity contribution >= 4 is 11.3 Å². The first-order chi connectivity index (χ1) is 6.83. The molecule has 0 aliphatic carbocycles. The van der Waals surface area contributed by atoms with Crippen molar-refractivity contribution in [2.45, 2.75) is 32.2 Å². The van der Waals surface area contributed by atoms with E-state index < -0.39 is 0 Å². The normalized spacial score (nSPS) is 13.0. The van der Waals surface area contributed by atoms with Crippen LogP contribution in [-0.4, -0.2) is 24.3 Å². The molecule has 2 nitrogen and oxygen atoms in total. The molecule has 0 spiro atoms. The van der Waals surface area contributed by atoms with Gasteiger partial charge in [0.2, 0.25) is 0 Å². The highest BCUT2D eigenvalue weighted by molar-refractivity contribution is 7.09. The van der Waals surface area contributed by atoms with Gasteiger partial charge in [0.05, 0.1) is 6.61 Å². The molecule has 0 amide bonds. The third-order valence-corrected chi connectivity index (χ3v) is 3.18. The second-order valence-electron chi connectivity index (χ2n) is 3.55. The fourth-order valence-electron chi connectivity index (χ4n) is 1.45. The van der Waals surface area contributed by atoms with Crippen molar-refractivity contribution in [1.29, 1.82) is 0 Å². The van der Waals surface area contributed by atoms with Gasteiger partial charge in [0.25, 0.3) is 0 Å². The van der Waals surface area contributed by atoms with E-state index >= 15 is 0 Å². The molecule has 0 aromatic carbocycles. The highest BCUT2D eigenvalue weighted by Crippen LogP contribution is 2.12. The lowest BCUT2D eigenvalue weighted by Gasteiger charge is -2.11. The largest absolute Gasteiger partial charge is 0.395 e. The minimum Gasteiger partial charge on any atom is -0.395 e. The molecule has 1 atom stereocenters. The molecule has 2 N–H and O–H groups in total. The zero-order valence-corrected chi connectivity index (χ0v) is 9.52. The van der Waals surface area contributed by atoms with E-state index in [-0.39, 0.29) is 6.61 Å². The second kappa shape index (κ2) is 6.98. The summed E-state index contributed by atoms with van der Waals surface area (Å²) in [5.41, 5.74) is 0. The highest BCUT2D eigenvalue weighted by atomic mass is 32.1. The van der Waals surface area contributed by atoms with E-state index in [0.717, 1.165) is 0 Å². The van der Waals surface area contributed by atoms with Crippen LogP contribution in [0.15, 0.2) is 17.5 Å². The minimum atomic E-state index is 0.231. The van der Waals surface area contributed by atoms with E-state index in [1.54, 1.807) is 0 Å². The predicted octanol–water partition coefficient (Wildman–Crippen LogP) is 2.04. The molecule has 80 valence electrons.